The number of benzene rings is 1. The molecular formula is C43H62O18. The molecule has 0 amide bonds. The van der Waals surface area contributed by atoms with E-state index in [0.29, 0.717) is 16.7 Å². The van der Waals surface area contributed by atoms with Crippen molar-refractivity contribution in [2.24, 2.45) is 22.7 Å². The minimum atomic E-state index is -1.94. The molecule has 0 bridgehead atoms. The molecule has 1 aromatic carbocycles. The highest BCUT2D eigenvalue weighted by Crippen LogP contribution is 2.71. The van der Waals surface area contributed by atoms with E-state index in [1.165, 1.54) is 32.1 Å². The molecule has 61 heavy (non-hydrogen) atoms. The Bertz CT molecular complexity index is 1900. The summed E-state index contributed by atoms with van der Waals surface area (Å²) >= 11 is 0. The van der Waals surface area contributed by atoms with Crippen LogP contribution in [-0.2, 0) is 34.0 Å². The highest BCUT2D eigenvalue weighted by molar-refractivity contribution is 5.95. The highest BCUT2D eigenvalue weighted by atomic mass is 16.7. The first kappa shape index (κ1) is 47.4. The van der Waals surface area contributed by atoms with Gasteiger partial charge in [-0.3, -0.25) is 9.59 Å². The van der Waals surface area contributed by atoms with Crippen molar-refractivity contribution in [2.45, 2.75) is 158 Å². The second-order valence-corrected chi connectivity index (χ2v) is 18.9. The van der Waals surface area contributed by atoms with Gasteiger partial charge in [-0.25, -0.2) is 0 Å². The molecule has 2 aliphatic heterocycles. The van der Waals surface area contributed by atoms with E-state index in [4.69, 9.17) is 23.7 Å². The maximum absolute atomic E-state index is 14.7. The number of hydrogen-bond acceptors (Lipinski definition) is 18. The fraction of sp³-hybridized carbons (Fsp3) is 0.721. The third kappa shape index (κ3) is 7.74. The summed E-state index contributed by atoms with van der Waals surface area (Å²) in [6.07, 6.45) is -12.8. The largest absolute Gasteiger partial charge is 0.504 e. The average molecular weight is 867 g/mol. The molecule has 11 N–H and O–H groups in total. The molecule has 342 valence electrons. The number of carbonyl (C=O) groups is 2. The molecule has 6 rings (SSSR count). The number of ether oxygens (including phenoxy) is 5. The van der Waals surface area contributed by atoms with Gasteiger partial charge in [0.15, 0.2) is 17.8 Å². The van der Waals surface area contributed by atoms with Gasteiger partial charge in [0, 0.05) is 24.8 Å². The Morgan fingerprint density at radius 3 is 2.13 bits per heavy atom. The zero-order chi connectivity index (χ0) is 45.5. The lowest BCUT2D eigenvalue weighted by Gasteiger charge is -2.60. The quantitative estimate of drug-likeness (QED) is 0.0937. The zero-order valence-electron chi connectivity index (χ0n) is 35.6. The molecule has 0 aromatic heterocycles. The number of aromatic hydroxyl groups is 1. The predicted octanol–water partition coefficient (Wildman–Crippen LogP) is -1.02. The summed E-state index contributed by atoms with van der Waals surface area (Å²) in [5.74, 6) is -2.94. The number of phenols is 1. The van der Waals surface area contributed by atoms with E-state index in [0.717, 1.165) is 0 Å². The second-order valence-electron chi connectivity index (χ2n) is 18.9. The number of Topliss-reactive ketones (excluding diaryl/α,β-unsaturated/α-hetero) is 1. The number of ketones is 1. The third-order valence-electron chi connectivity index (χ3n) is 14.5. The summed E-state index contributed by atoms with van der Waals surface area (Å²) in [6, 6.07) is 1.39. The van der Waals surface area contributed by atoms with Gasteiger partial charge in [0.2, 0.25) is 6.29 Å². The van der Waals surface area contributed by atoms with Gasteiger partial charge in [-0.2, -0.15) is 0 Å². The summed E-state index contributed by atoms with van der Waals surface area (Å²) in [4.78, 5) is 26.3. The van der Waals surface area contributed by atoms with E-state index in [-0.39, 0.29) is 24.4 Å². The number of esters is 1. The van der Waals surface area contributed by atoms with Gasteiger partial charge in [-0.1, -0.05) is 32.1 Å². The van der Waals surface area contributed by atoms with E-state index < -0.39 is 138 Å². The Hall–Kier alpha value is -3.08. The summed E-state index contributed by atoms with van der Waals surface area (Å²) in [5.41, 5.74) is -4.90. The third-order valence-corrected chi connectivity index (χ3v) is 14.5. The maximum Gasteiger partial charge on any atom is 0.303 e. The van der Waals surface area contributed by atoms with Crippen LogP contribution in [0.2, 0.25) is 0 Å². The standard InChI is InChI=1S/C43H62O18/c1-18-20-9-10-26-40(5)14-23(47)36(43(8,56)27(48)11-12-39(3,4)61-19(2)45)41(40,6)15-28(49)42(26,7)21(20)13-22(46)35(18)60-38-34(55)32(53)30(51)25(59-38)17-57-37-33(54)31(52)29(50)24(16-44)58-37/h9-13,23-27,29-34,36-38,44,46-48,50-56H,14-17H2,1-8H3/b12-11+. The second kappa shape index (κ2) is 16.5. The zero-order valence-corrected chi connectivity index (χ0v) is 35.6. The molecule has 5 aliphatic rings. The van der Waals surface area contributed by atoms with Crippen molar-refractivity contribution in [3.05, 3.63) is 41.0 Å². The van der Waals surface area contributed by atoms with Crippen LogP contribution in [0.5, 0.6) is 11.5 Å². The van der Waals surface area contributed by atoms with Crippen molar-refractivity contribution in [3.63, 3.8) is 0 Å². The minimum Gasteiger partial charge on any atom is -0.504 e. The van der Waals surface area contributed by atoms with Crippen LogP contribution in [0.3, 0.4) is 0 Å². The first-order chi connectivity index (χ1) is 28.2. The van der Waals surface area contributed by atoms with Crippen molar-refractivity contribution < 1.29 is 89.4 Å². The van der Waals surface area contributed by atoms with Crippen LogP contribution in [0.4, 0.5) is 0 Å². The molecule has 18 heteroatoms. The topological polar surface area (TPSA) is 303 Å². The van der Waals surface area contributed by atoms with Crippen molar-refractivity contribution >= 4 is 17.8 Å². The summed E-state index contributed by atoms with van der Waals surface area (Å²) in [6.45, 7) is 11.8. The Kier molecular flexibility index (Phi) is 12.8. The fourth-order valence-corrected chi connectivity index (χ4v) is 11.0. The smallest absolute Gasteiger partial charge is 0.303 e. The molecule has 2 saturated carbocycles. The van der Waals surface area contributed by atoms with E-state index in [1.54, 1.807) is 33.8 Å². The van der Waals surface area contributed by atoms with Gasteiger partial charge in [0.05, 0.1) is 30.3 Å². The minimum absolute atomic E-state index is 0.107. The van der Waals surface area contributed by atoms with E-state index in [9.17, 15) is 65.8 Å². The van der Waals surface area contributed by atoms with Crippen LogP contribution < -0.4 is 4.74 Å². The lowest BCUT2D eigenvalue weighted by atomic mass is 9.42. The number of aliphatic hydroxyl groups is 10. The normalized spacial score (nSPS) is 42.7. The number of aliphatic hydroxyl groups excluding tert-OH is 9. The average Bonchev–Trinajstić information content (AvgIpc) is 3.38. The number of fused-ring (bicyclic) bond motifs is 5. The molecule has 0 radical (unpaired) electrons. The Labute approximate surface area is 353 Å². The molecule has 4 fully saturated rings. The van der Waals surface area contributed by atoms with Crippen molar-refractivity contribution in [2.75, 3.05) is 13.2 Å². The Balaban J connectivity index is 1.26. The predicted molar refractivity (Wildman–Crippen MR) is 211 cm³/mol. The number of hydrogen-bond donors (Lipinski definition) is 11. The molecular weight excluding hydrogens is 804 g/mol. The summed E-state index contributed by atoms with van der Waals surface area (Å²) in [7, 11) is 0. The number of rotatable bonds is 11. The van der Waals surface area contributed by atoms with Crippen LogP contribution in [0.25, 0.3) is 6.08 Å². The van der Waals surface area contributed by atoms with Crippen molar-refractivity contribution in [3.8, 4) is 11.5 Å². The fourth-order valence-electron chi connectivity index (χ4n) is 11.0. The van der Waals surface area contributed by atoms with Crippen molar-refractivity contribution in [1.82, 2.24) is 0 Å². The van der Waals surface area contributed by atoms with Crippen LogP contribution in [0, 0.1) is 29.6 Å². The van der Waals surface area contributed by atoms with Gasteiger partial charge in [-0.15, -0.1) is 0 Å². The molecule has 3 aliphatic carbocycles. The number of phenolic OH excluding ortho intramolecular Hbond substituents is 1. The van der Waals surface area contributed by atoms with Crippen LogP contribution in [0.15, 0.2) is 24.3 Å². The van der Waals surface area contributed by atoms with Gasteiger partial charge < -0.3 is 79.9 Å². The van der Waals surface area contributed by atoms with Gasteiger partial charge in [-0.05, 0) is 81.1 Å². The van der Waals surface area contributed by atoms with Crippen LogP contribution in [-0.4, -0.2) is 166 Å². The molecule has 18 nitrogen and oxygen atoms in total. The van der Waals surface area contributed by atoms with Crippen LogP contribution >= 0.6 is 0 Å². The monoisotopic (exact) mass is 866 g/mol. The van der Waals surface area contributed by atoms with E-state index >= 15 is 0 Å². The number of carbonyl (C=O) groups excluding carboxylic acids is 2. The molecule has 18 atom stereocenters. The SMILES string of the molecule is CC(=O)OC(C)(C)/C=C/C(O)C(C)(O)C1C(O)CC2(C)C3C=Cc4c(cc(O)c(OC5OC(COC6OC(CO)C(O)C(O)C6O)C(O)C(O)C5O)c4C)C3(C)C(=O)CC12C. The van der Waals surface area contributed by atoms with E-state index in [1.807, 2.05) is 19.9 Å². The highest BCUT2D eigenvalue weighted by Gasteiger charge is 2.73. The Morgan fingerprint density at radius 1 is 0.934 bits per heavy atom. The lowest BCUT2D eigenvalue weighted by Crippen LogP contribution is -2.63. The molecule has 1 aromatic rings. The van der Waals surface area contributed by atoms with Crippen molar-refractivity contribution in [1.29, 1.82) is 0 Å². The van der Waals surface area contributed by atoms with Crippen LogP contribution in [0.1, 0.15) is 78.0 Å². The first-order valence-corrected chi connectivity index (χ1v) is 20.5. The molecule has 2 saturated heterocycles. The summed E-state index contributed by atoms with van der Waals surface area (Å²) in [5, 5.41) is 119. The van der Waals surface area contributed by atoms with E-state index in [2.05, 4.69) is 0 Å². The molecule has 18 unspecified atom stereocenters. The van der Waals surface area contributed by atoms with Gasteiger partial charge >= 0.3 is 5.97 Å². The Morgan fingerprint density at radius 2 is 1.52 bits per heavy atom. The summed E-state index contributed by atoms with van der Waals surface area (Å²) < 4.78 is 27.9. The van der Waals surface area contributed by atoms with Gasteiger partial charge in [0.1, 0.15) is 66.3 Å². The maximum atomic E-state index is 14.7. The van der Waals surface area contributed by atoms with Gasteiger partial charge in [0.25, 0.3) is 0 Å². The lowest BCUT2D eigenvalue weighted by molar-refractivity contribution is -0.323. The molecule has 2 heterocycles. The number of allylic oxidation sites excluding steroid dienone is 1. The first-order valence-electron chi connectivity index (χ1n) is 20.5. The molecule has 0 spiro atoms.